The molecule has 1 fully saturated rings. The average Bonchev–Trinajstić information content (AvgIpc) is 3.17. The van der Waals surface area contributed by atoms with Crippen LogP contribution in [0, 0.1) is 0 Å². The maximum atomic E-state index is 12.4. The van der Waals surface area contributed by atoms with Crippen LogP contribution in [0.1, 0.15) is 23.3 Å². The van der Waals surface area contributed by atoms with Gasteiger partial charge in [0.25, 0.3) is 5.91 Å². The zero-order valence-corrected chi connectivity index (χ0v) is 11.8. The molecule has 0 unspecified atom stereocenters. The predicted octanol–water partition coefficient (Wildman–Crippen LogP) is 1.29. The lowest BCUT2D eigenvalue weighted by Crippen LogP contribution is -2.40. The zero-order valence-electron chi connectivity index (χ0n) is 11.0. The van der Waals surface area contributed by atoms with Gasteiger partial charge in [0.05, 0.1) is 0 Å². The van der Waals surface area contributed by atoms with Crippen LogP contribution in [-0.4, -0.2) is 49.4 Å². The summed E-state index contributed by atoms with van der Waals surface area (Å²) in [4.78, 5) is 37.3. The molecule has 3 heterocycles. The first kappa shape index (κ1) is 13.6. The van der Waals surface area contributed by atoms with Gasteiger partial charge in [-0.3, -0.25) is 4.79 Å². The molecule has 1 amide bonds. The molecule has 1 aliphatic rings. The minimum atomic E-state index is -0.970. The SMILES string of the molecule is O=C(O)[C@@H]1CCCN1C(=O)c1csc(-c2ncccn2)n1. The summed E-state index contributed by atoms with van der Waals surface area (Å²) in [5.41, 5.74) is 0.246. The van der Waals surface area contributed by atoms with Gasteiger partial charge in [-0.1, -0.05) is 0 Å². The van der Waals surface area contributed by atoms with E-state index in [0.29, 0.717) is 30.2 Å². The van der Waals surface area contributed by atoms with Gasteiger partial charge < -0.3 is 10.0 Å². The number of carboxylic acids is 1. The number of hydrogen-bond acceptors (Lipinski definition) is 6. The molecule has 8 heteroatoms. The van der Waals surface area contributed by atoms with Crippen molar-refractivity contribution >= 4 is 23.2 Å². The molecule has 0 spiro atoms. The van der Waals surface area contributed by atoms with Gasteiger partial charge >= 0.3 is 5.97 Å². The third-order valence-electron chi connectivity index (χ3n) is 3.28. The van der Waals surface area contributed by atoms with Gasteiger partial charge in [-0.25, -0.2) is 19.7 Å². The fourth-order valence-corrected chi connectivity index (χ4v) is 3.04. The number of aromatic nitrogens is 3. The molecular formula is C13H12N4O3S. The van der Waals surface area contributed by atoms with Gasteiger partial charge in [0.1, 0.15) is 11.7 Å². The Morgan fingerprint density at radius 3 is 2.81 bits per heavy atom. The molecule has 21 heavy (non-hydrogen) atoms. The van der Waals surface area contributed by atoms with Crippen LogP contribution in [0.25, 0.3) is 10.8 Å². The van der Waals surface area contributed by atoms with Crippen molar-refractivity contribution in [1.82, 2.24) is 19.9 Å². The first-order valence-electron chi connectivity index (χ1n) is 6.43. The van der Waals surface area contributed by atoms with Crippen LogP contribution in [0.4, 0.5) is 0 Å². The third kappa shape index (κ3) is 2.62. The molecule has 0 aromatic carbocycles. The fourth-order valence-electron chi connectivity index (χ4n) is 2.30. The number of likely N-dealkylation sites (tertiary alicyclic amines) is 1. The Hall–Kier alpha value is -2.35. The standard InChI is InChI=1S/C13H12N4O3S/c18-12(17-6-1-3-9(17)13(19)20)8-7-21-11(16-8)10-14-4-2-5-15-10/h2,4-5,7,9H,1,3,6H2,(H,19,20)/t9-/m0/s1. The van der Waals surface area contributed by atoms with Gasteiger partial charge in [0.15, 0.2) is 10.8 Å². The van der Waals surface area contributed by atoms with Gasteiger partial charge in [0.2, 0.25) is 0 Å². The van der Waals surface area contributed by atoms with Crippen LogP contribution in [0.2, 0.25) is 0 Å². The van der Waals surface area contributed by atoms with Crippen molar-refractivity contribution in [3.8, 4) is 10.8 Å². The number of carbonyl (C=O) groups is 2. The summed E-state index contributed by atoms with van der Waals surface area (Å²) < 4.78 is 0. The molecule has 0 aliphatic carbocycles. The summed E-state index contributed by atoms with van der Waals surface area (Å²) >= 11 is 1.27. The monoisotopic (exact) mass is 304 g/mol. The lowest BCUT2D eigenvalue weighted by Gasteiger charge is -2.20. The molecular weight excluding hydrogens is 292 g/mol. The summed E-state index contributed by atoms with van der Waals surface area (Å²) in [6, 6.07) is 0.945. The lowest BCUT2D eigenvalue weighted by atomic mass is 10.2. The van der Waals surface area contributed by atoms with Crippen molar-refractivity contribution in [3.63, 3.8) is 0 Å². The van der Waals surface area contributed by atoms with Gasteiger partial charge in [0, 0.05) is 24.3 Å². The highest BCUT2D eigenvalue weighted by atomic mass is 32.1. The number of amides is 1. The van der Waals surface area contributed by atoms with Crippen molar-refractivity contribution < 1.29 is 14.7 Å². The van der Waals surface area contributed by atoms with E-state index >= 15 is 0 Å². The Morgan fingerprint density at radius 1 is 1.33 bits per heavy atom. The lowest BCUT2D eigenvalue weighted by molar-refractivity contribution is -0.141. The molecule has 7 nitrogen and oxygen atoms in total. The van der Waals surface area contributed by atoms with Crippen LogP contribution < -0.4 is 0 Å². The number of carbonyl (C=O) groups excluding carboxylic acids is 1. The van der Waals surface area contributed by atoms with E-state index in [1.54, 1.807) is 23.8 Å². The van der Waals surface area contributed by atoms with Crippen molar-refractivity contribution in [2.75, 3.05) is 6.54 Å². The van der Waals surface area contributed by atoms with Crippen LogP contribution in [0.15, 0.2) is 23.8 Å². The molecule has 0 bridgehead atoms. The Bertz CT molecular complexity index is 673. The Kier molecular flexibility index (Phi) is 3.61. The highest BCUT2D eigenvalue weighted by molar-refractivity contribution is 7.13. The van der Waals surface area contributed by atoms with Crippen molar-refractivity contribution in [2.24, 2.45) is 0 Å². The molecule has 1 atom stereocenters. The van der Waals surface area contributed by atoms with Crippen molar-refractivity contribution in [3.05, 3.63) is 29.5 Å². The summed E-state index contributed by atoms with van der Waals surface area (Å²) in [6.07, 6.45) is 4.39. The zero-order chi connectivity index (χ0) is 14.8. The smallest absolute Gasteiger partial charge is 0.326 e. The molecule has 0 radical (unpaired) electrons. The van der Waals surface area contributed by atoms with Crippen LogP contribution >= 0.6 is 11.3 Å². The van der Waals surface area contributed by atoms with E-state index in [0.717, 1.165) is 0 Å². The van der Waals surface area contributed by atoms with E-state index < -0.39 is 12.0 Å². The van der Waals surface area contributed by atoms with Crippen molar-refractivity contribution in [2.45, 2.75) is 18.9 Å². The van der Waals surface area contributed by atoms with E-state index in [4.69, 9.17) is 5.11 Å². The number of hydrogen-bond donors (Lipinski definition) is 1. The minimum absolute atomic E-state index is 0.246. The van der Waals surface area contributed by atoms with E-state index in [-0.39, 0.29) is 11.6 Å². The Labute approximate surface area is 124 Å². The first-order chi connectivity index (χ1) is 10.2. The fraction of sp³-hybridized carbons (Fsp3) is 0.308. The summed E-state index contributed by atoms with van der Waals surface area (Å²) in [6.45, 7) is 0.449. The number of rotatable bonds is 3. The third-order valence-corrected chi connectivity index (χ3v) is 4.12. The highest BCUT2D eigenvalue weighted by Gasteiger charge is 2.35. The largest absolute Gasteiger partial charge is 0.480 e. The first-order valence-corrected chi connectivity index (χ1v) is 7.31. The van der Waals surface area contributed by atoms with Crippen LogP contribution in [0.3, 0.4) is 0 Å². The topological polar surface area (TPSA) is 96.3 Å². The summed E-state index contributed by atoms with van der Waals surface area (Å²) in [5.74, 6) is -0.862. The van der Waals surface area contributed by atoms with E-state index in [2.05, 4.69) is 15.0 Å². The summed E-state index contributed by atoms with van der Waals surface area (Å²) in [5, 5.41) is 11.3. The normalized spacial score (nSPS) is 17.9. The maximum Gasteiger partial charge on any atom is 0.326 e. The number of aliphatic carboxylic acids is 1. The van der Waals surface area contributed by atoms with E-state index in [9.17, 15) is 9.59 Å². The van der Waals surface area contributed by atoms with E-state index in [1.165, 1.54) is 16.2 Å². The summed E-state index contributed by atoms with van der Waals surface area (Å²) in [7, 11) is 0. The van der Waals surface area contributed by atoms with Gasteiger partial charge in [-0.05, 0) is 18.9 Å². The molecule has 1 saturated heterocycles. The molecule has 1 aliphatic heterocycles. The average molecular weight is 304 g/mol. The second-order valence-electron chi connectivity index (χ2n) is 4.61. The molecule has 3 rings (SSSR count). The quantitative estimate of drug-likeness (QED) is 0.918. The van der Waals surface area contributed by atoms with Crippen molar-refractivity contribution in [1.29, 1.82) is 0 Å². The molecule has 2 aromatic rings. The molecule has 108 valence electrons. The Balaban J connectivity index is 1.83. The van der Waals surface area contributed by atoms with Gasteiger partial charge in [-0.2, -0.15) is 0 Å². The molecule has 1 N–H and O–H groups in total. The second-order valence-corrected chi connectivity index (χ2v) is 5.46. The number of thiazole rings is 1. The Morgan fingerprint density at radius 2 is 2.10 bits per heavy atom. The number of carboxylic acid groups (broad SMARTS) is 1. The predicted molar refractivity (Wildman–Crippen MR) is 74.8 cm³/mol. The van der Waals surface area contributed by atoms with Crippen LogP contribution in [0.5, 0.6) is 0 Å². The molecule has 2 aromatic heterocycles. The maximum absolute atomic E-state index is 12.4. The second kappa shape index (κ2) is 5.57. The van der Waals surface area contributed by atoms with E-state index in [1.807, 2.05) is 0 Å². The highest BCUT2D eigenvalue weighted by Crippen LogP contribution is 2.24. The minimum Gasteiger partial charge on any atom is -0.480 e. The molecule has 0 saturated carbocycles. The van der Waals surface area contributed by atoms with Crippen LogP contribution in [-0.2, 0) is 4.79 Å². The number of nitrogens with zero attached hydrogens (tertiary/aromatic N) is 4. The van der Waals surface area contributed by atoms with Gasteiger partial charge in [-0.15, -0.1) is 11.3 Å².